The van der Waals surface area contributed by atoms with E-state index in [2.05, 4.69) is 18.4 Å². The molecule has 1 unspecified atom stereocenters. The fraction of sp³-hybridized carbons (Fsp3) is 0.273. The Morgan fingerprint density at radius 1 is 1.75 bits per heavy atom. The van der Waals surface area contributed by atoms with Crippen LogP contribution in [0, 0.1) is 17.8 Å². The van der Waals surface area contributed by atoms with Crippen molar-refractivity contribution in [3.8, 4) is 11.8 Å². The van der Waals surface area contributed by atoms with Gasteiger partial charge in [-0.15, -0.1) is 5.92 Å². The summed E-state index contributed by atoms with van der Waals surface area (Å²) in [5, 5.41) is 9.08. The first-order chi connectivity index (χ1) is 5.74. The standard InChI is InChI=1S/C11H12O/c1-3-4-10-5-7-11(8-6-10)9(2)12/h5-7,11-12H,2,8H2,1H3. The van der Waals surface area contributed by atoms with Crippen LogP contribution in [-0.2, 0) is 0 Å². The quantitative estimate of drug-likeness (QED) is 0.461. The summed E-state index contributed by atoms with van der Waals surface area (Å²) in [6.45, 7) is 5.30. The van der Waals surface area contributed by atoms with Gasteiger partial charge in [0.1, 0.15) is 0 Å². The second-order valence-corrected chi connectivity index (χ2v) is 2.73. The highest BCUT2D eigenvalue weighted by molar-refractivity contribution is 5.40. The lowest BCUT2D eigenvalue weighted by atomic mass is 9.96. The van der Waals surface area contributed by atoms with Crippen LogP contribution in [0.3, 0.4) is 0 Å². The molecular formula is C11H12O. The maximum atomic E-state index is 9.08. The Labute approximate surface area is 73.1 Å². The van der Waals surface area contributed by atoms with Crippen LogP contribution < -0.4 is 0 Å². The molecule has 0 saturated heterocycles. The smallest absolute Gasteiger partial charge is 0.0922 e. The molecule has 0 radical (unpaired) electrons. The lowest BCUT2D eigenvalue weighted by molar-refractivity contribution is 0.359. The molecule has 1 atom stereocenters. The Hall–Kier alpha value is -1.42. The summed E-state index contributed by atoms with van der Waals surface area (Å²) in [6, 6.07) is 0. The minimum Gasteiger partial charge on any atom is -0.512 e. The molecule has 0 saturated carbocycles. The second kappa shape index (κ2) is 3.82. The molecule has 0 aromatic heterocycles. The summed E-state index contributed by atoms with van der Waals surface area (Å²) in [5.74, 6) is 6.09. The van der Waals surface area contributed by atoms with Gasteiger partial charge < -0.3 is 5.11 Å². The highest BCUT2D eigenvalue weighted by atomic mass is 16.3. The van der Waals surface area contributed by atoms with Crippen molar-refractivity contribution in [1.82, 2.24) is 0 Å². The average Bonchev–Trinajstić information content (AvgIpc) is 2.06. The fourth-order valence-electron chi connectivity index (χ4n) is 1.10. The van der Waals surface area contributed by atoms with Gasteiger partial charge in [0.05, 0.1) is 5.76 Å². The van der Waals surface area contributed by atoms with Crippen LogP contribution in [0.5, 0.6) is 0 Å². The zero-order chi connectivity index (χ0) is 8.97. The molecule has 1 N–H and O–H groups in total. The number of hydrogen-bond acceptors (Lipinski definition) is 1. The molecule has 12 heavy (non-hydrogen) atoms. The van der Waals surface area contributed by atoms with E-state index < -0.39 is 0 Å². The van der Waals surface area contributed by atoms with Crippen LogP contribution in [0.15, 0.2) is 36.1 Å². The molecule has 0 bridgehead atoms. The first-order valence-corrected chi connectivity index (χ1v) is 3.93. The summed E-state index contributed by atoms with van der Waals surface area (Å²) in [7, 11) is 0. The van der Waals surface area contributed by atoms with Crippen molar-refractivity contribution in [2.75, 3.05) is 0 Å². The predicted octanol–water partition coefficient (Wildman–Crippen LogP) is 2.58. The molecule has 1 aliphatic carbocycles. The van der Waals surface area contributed by atoms with E-state index >= 15 is 0 Å². The molecule has 1 rings (SSSR count). The van der Waals surface area contributed by atoms with E-state index in [1.165, 1.54) is 0 Å². The van der Waals surface area contributed by atoms with Gasteiger partial charge >= 0.3 is 0 Å². The summed E-state index contributed by atoms with van der Waals surface area (Å²) in [6.07, 6.45) is 6.67. The molecule has 1 nitrogen and oxygen atoms in total. The Morgan fingerprint density at radius 3 is 2.92 bits per heavy atom. The van der Waals surface area contributed by atoms with Gasteiger partial charge in [0.15, 0.2) is 0 Å². The highest BCUT2D eigenvalue weighted by Gasteiger charge is 2.09. The van der Waals surface area contributed by atoms with Crippen LogP contribution in [0.25, 0.3) is 0 Å². The van der Waals surface area contributed by atoms with Crippen molar-refractivity contribution in [2.45, 2.75) is 13.3 Å². The molecule has 62 valence electrons. The van der Waals surface area contributed by atoms with Crippen LogP contribution in [-0.4, -0.2) is 5.11 Å². The minimum atomic E-state index is 0.0763. The SMILES string of the molecule is C=C(O)C1C=CC(C#CC)=CC1. The molecule has 1 heteroatoms. The number of hydrogen-bond donors (Lipinski definition) is 1. The first kappa shape index (κ1) is 8.67. The van der Waals surface area contributed by atoms with Gasteiger partial charge in [-0.25, -0.2) is 0 Å². The molecule has 0 aromatic rings. The zero-order valence-corrected chi connectivity index (χ0v) is 7.17. The number of aliphatic hydroxyl groups is 1. The van der Waals surface area contributed by atoms with E-state index in [0.29, 0.717) is 0 Å². The van der Waals surface area contributed by atoms with Crippen molar-refractivity contribution < 1.29 is 5.11 Å². The maximum absolute atomic E-state index is 9.08. The largest absolute Gasteiger partial charge is 0.512 e. The van der Waals surface area contributed by atoms with Gasteiger partial charge in [0, 0.05) is 11.5 Å². The normalized spacial score (nSPS) is 20.8. The second-order valence-electron chi connectivity index (χ2n) is 2.73. The van der Waals surface area contributed by atoms with Gasteiger partial charge in [-0.05, 0) is 13.3 Å². The van der Waals surface area contributed by atoms with E-state index in [4.69, 9.17) is 5.11 Å². The summed E-state index contributed by atoms with van der Waals surface area (Å²) < 4.78 is 0. The molecular weight excluding hydrogens is 148 g/mol. The lowest BCUT2D eigenvalue weighted by Crippen LogP contribution is -2.01. The first-order valence-electron chi connectivity index (χ1n) is 3.93. The van der Waals surface area contributed by atoms with Gasteiger partial charge in [0.25, 0.3) is 0 Å². The van der Waals surface area contributed by atoms with Gasteiger partial charge in [-0.2, -0.15) is 0 Å². The van der Waals surface area contributed by atoms with Gasteiger partial charge in [-0.1, -0.05) is 30.7 Å². The zero-order valence-electron chi connectivity index (χ0n) is 7.17. The average molecular weight is 160 g/mol. The molecule has 1 aliphatic rings. The topological polar surface area (TPSA) is 20.2 Å². The molecule has 0 heterocycles. The van der Waals surface area contributed by atoms with Crippen molar-refractivity contribution >= 4 is 0 Å². The van der Waals surface area contributed by atoms with E-state index in [-0.39, 0.29) is 11.7 Å². The molecule has 0 spiro atoms. The van der Waals surface area contributed by atoms with E-state index in [1.807, 2.05) is 25.2 Å². The molecule has 0 aliphatic heterocycles. The summed E-state index contributed by atoms with van der Waals surface area (Å²) in [4.78, 5) is 0. The van der Waals surface area contributed by atoms with Crippen LogP contribution in [0.1, 0.15) is 13.3 Å². The summed E-state index contributed by atoms with van der Waals surface area (Å²) in [5.41, 5.74) is 1.02. The third-order valence-electron chi connectivity index (χ3n) is 1.80. The monoisotopic (exact) mass is 160 g/mol. The van der Waals surface area contributed by atoms with Crippen molar-refractivity contribution in [2.24, 2.45) is 5.92 Å². The number of aliphatic hydroxyl groups excluding tert-OH is 1. The third-order valence-corrected chi connectivity index (χ3v) is 1.80. The Morgan fingerprint density at radius 2 is 2.50 bits per heavy atom. The van der Waals surface area contributed by atoms with Crippen molar-refractivity contribution in [3.63, 3.8) is 0 Å². The minimum absolute atomic E-state index is 0.0763. The summed E-state index contributed by atoms with van der Waals surface area (Å²) >= 11 is 0. The fourth-order valence-corrected chi connectivity index (χ4v) is 1.10. The van der Waals surface area contributed by atoms with Crippen LogP contribution in [0.2, 0.25) is 0 Å². The third kappa shape index (κ3) is 2.03. The maximum Gasteiger partial charge on any atom is 0.0922 e. The highest BCUT2D eigenvalue weighted by Crippen LogP contribution is 2.20. The van der Waals surface area contributed by atoms with E-state index in [1.54, 1.807) is 0 Å². The number of allylic oxidation sites excluding steroid dienone is 4. The Bertz CT molecular complexity index is 297. The van der Waals surface area contributed by atoms with Crippen LogP contribution in [0.4, 0.5) is 0 Å². The predicted molar refractivity (Wildman–Crippen MR) is 50.5 cm³/mol. The number of rotatable bonds is 1. The van der Waals surface area contributed by atoms with Gasteiger partial charge in [0.2, 0.25) is 0 Å². The van der Waals surface area contributed by atoms with Crippen molar-refractivity contribution in [1.29, 1.82) is 0 Å². The van der Waals surface area contributed by atoms with Gasteiger partial charge in [-0.3, -0.25) is 0 Å². The molecule has 0 amide bonds. The van der Waals surface area contributed by atoms with Crippen molar-refractivity contribution in [3.05, 3.63) is 36.1 Å². The van der Waals surface area contributed by atoms with E-state index in [0.717, 1.165) is 12.0 Å². The molecule has 0 aromatic carbocycles. The Balaban J connectivity index is 2.65. The van der Waals surface area contributed by atoms with E-state index in [9.17, 15) is 0 Å². The Kier molecular flexibility index (Phi) is 2.76. The van der Waals surface area contributed by atoms with Crippen LogP contribution >= 0.6 is 0 Å². The lowest BCUT2D eigenvalue weighted by Gasteiger charge is -2.11. The molecule has 0 fully saturated rings.